The Morgan fingerprint density at radius 3 is 2.20 bits per heavy atom. The Kier molecular flexibility index (Phi) is 6.35. The Labute approximate surface area is 177 Å². The van der Waals surface area contributed by atoms with Gasteiger partial charge in [-0.1, -0.05) is 79.7 Å². The molecule has 1 heterocycles. The minimum absolute atomic E-state index is 0.0364. The number of fused-ring (bicyclic) bond motifs is 1. The van der Waals surface area contributed by atoms with Gasteiger partial charge in [0.25, 0.3) is 5.56 Å². The van der Waals surface area contributed by atoms with Crippen molar-refractivity contribution < 1.29 is 5.32 Å². The molecule has 1 aromatic heterocycles. The van der Waals surface area contributed by atoms with Crippen LogP contribution in [0.3, 0.4) is 0 Å². The molecule has 3 aromatic carbocycles. The van der Waals surface area contributed by atoms with Crippen LogP contribution in [-0.4, -0.2) is 16.1 Å². The van der Waals surface area contributed by atoms with Crippen molar-refractivity contribution in [2.75, 3.05) is 6.54 Å². The highest BCUT2D eigenvalue weighted by atomic mass is 16.1. The van der Waals surface area contributed by atoms with Gasteiger partial charge in [-0.25, -0.2) is 4.98 Å². The molecule has 4 aromatic rings. The summed E-state index contributed by atoms with van der Waals surface area (Å²) in [5, 5.41) is 3.00. The van der Waals surface area contributed by atoms with Crippen molar-refractivity contribution in [1.82, 2.24) is 9.55 Å². The zero-order valence-electron chi connectivity index (χ0n) is 17.4. The molecule has 0 unspecified atom stereocenters. The summed E-state index contributed by atoms with van der Waals surface area (Å²) in [4.78, 5) is 18.3. The zero-order valence-corrected chi connectivity index (χ0v) is 17.4. The molecule has 1 atom stereocenters. The topological polar surface area (TPSA) is 51.5 Å². The molecular weight excluding hydrogens is 370 g/mol. The second kappa shape index (κ2) is 9.51. The third kappa shape index (κ3) is 4.50. The molecule has 0 aliphatic heterocycles. The van der Waals surface area contributed by atoms with Crippen LogP contribution in [-0.2, 0) is 13.0 Å². The fourth-order valence-electron chi connectivity index (χ4n) is 3.94. The number of rotatable bonds is 8. The smallest absolute Gasteiger partial charge is 0.261 e. The largest absolute Gasteiger partial charge is 0.337 e. The second-order valence-electron chi connectivity index (χ2n) is 7.64. The summed E-state index contributed by atoms with van der Waals surface area (Å²) in [5.41, 5.74) is 3.25. The Hall–Kier alpha value is -3.24. The first-order valence-electron chi connectivity index (χ1n) is 10.7. The van der Waals surface area contributed by atoms with E-state index in [-0.39, 0.29) is 11.6 Å². The summed E-state index contributed by atoms with van der Waals surface area (Å²) in [7, 11) is 0. The molecular formula is C26H28N3O+. The number of hydrogen-bond donors (Lipinski definition) is 1. The lowest BCUT2D eigenvalue weighted by atomic mass is 10.1. The molecule has 0 aliphatic carbocycles. The van der Waals surface area contributed by atoms with Gasteiger partial charge in [0.05, 0.1) is 24.0 Å². The molecule has 30 heavy (non-hydrogen) atoms. The lowest BCUT2D eigenvalue weighted by Crippen LogP contribution is -2.86. The third-order valence-corrected chi connectivity index (χ3v) is 5.57. The van der Waals surface area contributed by atoms with Crippen molar-refractivity contribution in [3.8, 4) is 0 Å². The van der Waals surface area contributed by atoms with E-state index in [1.54, 1.807) is 0 Å². The van der Waals surface area contributed by atoms with Gasteiger partial charge in [0.1, 0.15) is 6.04 Å². The summed E-state index contributed by atoms with van der Waals surface area (Å²) < 4.78 is 1.87. The van der Waals surface area contributed by atoms with E-state index < -0.39 is 0 Å². The molecule has 152 valence electrons. The van der Waals surface area contributed by atoms with Crippen LogP contribution >= 0.6 is 0 Å². The fourth-order valence-corrected chi connectivity index (χ4v) is 3.94. The van der Waals surface area contributed by atoms with Gasteiger partial charge in [-0.15, -0.1) is 0 Å². The maximum Gasteiger partial charge on any atom is 0.261 e. The number of quaternary nitrogens is 1. The van der Waals surface area contributed by atoms with Crippen LogP contribution in [0.15, 0.2) is 89.7 Å². The normalized spacial score (nSPS) is 12.2. The number of nitrogens with zero attached hydrogens (tertiary/aromatic N) is 2. The van der Waals surface area contributed by atoms with E-state index in [1.165, 1.54) is 5.56 Å². The Bertz CT molecular complexity index is 1150. The Morgan fingerprint density at radius 1 is 0.867 bits per heavy atom. The molecule has 4 rings (SSSR count). The van der Waals surface area contributed by atoms with Crippen LogP contribution in [0.25, 0.3) is 10.9 Å². The third-order valence-electron chi connectivity index (χ3n) is 5.57. The van der Waals surface area contributed by atoms with E-state index in [4.69, 9.17) is 4.98 Å². The molecule has 0 fully saturated rings. The van der Waals surface area contributed by atoms with Crippen LogP contribution in [0.2, 0.25) is 0 Å². The van der Waals surface area contributed by atoms with Crippen molar-refractivity contribution in [2.24, 2.45) is 0 Å². The van der Waals surface area contributed by atoms with Gasteiger partial charge in [0.15, 0.2) is 5.82 Å². The summed E-state index contributed by atoms with van der Waals surface area (Å²) in [6.45, 7) is 3.66. The quantitative estimate of drug-likeness (QED) is 0.492. The highest BCUT2D eigenvalue weighted by Crippen LogP contribution is 2.15. The maximum absolute atomic E-state index is 13.4. The van der Waals surface area contributed by atoms with Gasteiger partial charge in [-0.3, -0.25) is 9.36 Å². The first-order chi connectivity index (χ1) is 14.8. The number of hydrogen-bond acceptors (Lipinski definition) is 2. The minimum atomic E-state index is 0.0364. The van der Waals surface area contributed by atoms with Crippen molar-refractivity contribution in [1.29, 1.82) is 0 Å². The van der Waals surface area contributed by atoms with Crippen molar-refractivity contribution in [3.05, 3.63) is 112 Å². The molecule has 0 bridgehead atoms. The Balaban J connectivity index is 1.67. The monoisotopic (exact) mass is 398 g/mol. The van der Waals surface area contributed by atoms with E-state index in [9.17, 15) is 4.79 Å². The summed E-state index contributed by atoms with van der Waals surface area (Å²) in [6, 6.07) is 28.5. The molecule has 2 N–H and O–H groups in total. The molecule has 0 aliphatic rings. The first kappa shape index (κ1) is 20.0. The number of benzene rings is 3. The van der Waals surface area contributed by atoms with Gasteiger partial charge < -0.3 is 5.32 Å². The van der Waals surface area contributed by atoms with E-state index in [2.05, 4.69) is 48.6 Å². The number of para-hydroxylation sites is 1. The summed E-state index contributed by atoms with van der Waals surface area (Å²) >= 11 is 0. The van der Waals surface area contributed by atoms with Crippen molar-refractivity contribution in [3.63, 3.8) is 0 Å². The van der Waals surface area contributed by atoms with Crippen LogP contribution < -0.4 is 10.9 Å². The lowest BCUT2D eigenvalue weighted by molar-refractivity contribution is -0.697. The average molecular weight is 399 g/mol. The first-order valence-corrected chi connectivity index (χ1v) is 10.7. The van der Waals surface area contributed by atoms with E-state index in [0.717, 1.165) is 36.3 Å². The zero-order chi connectivity index (χ0) is 20.8. The second-order valence-corrected chi connectivity index (χ2v) is 7.64. The van der Waals surface area contributed by atoms with E-state index >= 15 is 0 Å². The molecule has 0 spiro atoms. The highest BCUT2D eigenvalue weighted by molar-refractivity contribution is 5.77. The van der Waals surface area contributed by atoms with Crippen LogP contribution in [0.5, 0.6) is 0 Å². The minimum Gasteiger partial charge on any atom is -0.337 e. The van der Waals surface area contributed by atoms with E-state index in [1.807, 2.05) is 53.1 Å². The highest BCUT2D eigenvalue weighted by Gasteiger charge is 2.21. The van der Waals surface area contributed by atoms with E-state index in [0.29, 0.717) is 11.9 Å². The lowest BCUT2D eigenvalue weighted by Gasteiger charge is -2.19. The van der Waals surface area contributed by atoms with Crippen LogP contribution in [0.1, 0.15) is 36.3 Å². The van der Waals surface area contributed by atoms with Gasteiger partial charge >= 0.3 is 0 Å². The SMILES string of the molecule is CC[C@H]([NH2+]CCc1ccccc1)c1nc2ccccc2c(=O)n1Cc1ccccc1. The molecule has 4 heteroatoms. The molecule has 0 saturated carbocycles. The van der Waals surface area contributed by atoms with Crippen LogP contribution in [0.4, 0.5) is 0 Å². The maximum atomic E-state index is 13.4. The molecule has 4 nitrogen and oxygen atoms in total. The van der Waals surface area contributed by atoms with Crippen molar-refractivity contribution in [2.45, 2.75) is 32.4 Å². The summed E-state index contributed by atoms with van der Waals surface area (Å²) in [6.07, 6.45) is 1.90. The van der Waals surface area contributed by atoms with Crippen molar-refractivity contribution >= 4 is 10.9 Å². The Morgan fingerprint density at radius 2 is 1.50 bits per heavy atom. The predicted molar refractivity (Wildman–Crippen MR) is 122 cm³/mol. The predicted octanol–water partition coefficient (Wildman–Crippen LogP) is 3.70. The van der Waals surface area contributed by atoms with Gasteiger partial charge in [-0.05, 0) is 23.3 Å². The number of aromatic nitrogens is 2. The molecule has 0 radical (unpaired) electrons. The van der Waals surface area contributed by atoms with Gasteiger partial charge in [0, 0.05) is 12.8 Å². The molecule has 0 amide bonds. The summed E-state index contributed by atoms with van der Waals surface area (Å²) in [5.74, 6) is 0.859. The van der Waals surface area contributed by atoms with Gasteiger partial charge in [0.2, 0.25) is 0 Å². The molecule has 0 saturated heterocycles. The fraction of sp³-hybridized carbons (Fsp3) is 0.231. The average Bonchev–Trinajstić information content (AvgIpc) is 2.80. The van der Waals surface area contributed by atoms with Gasteiger partial charge in [-0.2, -0.15) is 0 Å². The number of nitrogens with two attached hydrogens (primary N) is 1. The van der Waals surface area contributed by atoms with Crippen LogP contribution in [0, 0.1) is 0 Å². The standard InChI is InChI=1S/C26H27N3O/c1-2-23(27-18-17-20-11-5-3-6-12-20)25-28-24-16-10-9-15-22(24)26(30)29(25)19-21-13-7-4-8-14-21/h3-16,23,27H,2,17-19H2,1H3/p+1/t23-/m0/s1.